The Morgan fingerprint density at radius 1 is 1.38 bits per heavy atom. The van der Waals surface area contributed by atoms with Gasteiger partial charge in [-0.25, -0.2) is 0 Å². The Morgan fingerprint density at radius 2 is 2.19 bits per heavy atom. The van der Waals surface area contributed by atoms with Gasteiger partial charge in [-0.05, 0) is 36.5 Å². The molecule has 1 aliphatic heterocycles. The standard InChI is InChI=1S/C13H12ClNO/c14-11-7-10(13(8-15)3-1-4-13)6-9-2-5-16-12(9)11/h6-7H,1-5H2. The van der Waals surface area contributed by atoms with Crippen molar-refractivity contribution in [2.75, 3.05) is 6.61 Å². The number of hydrogen-bond acceptors (Lipinski definition) is 2. The highest BCUT2D eigenvalue weighted by Crippen LogP contribution is 2.46. The largest absolute Gasteiger partial charge is 0.491 e. The summed E-state index contributed by atoms with van der Waals surface area (Å²) in [6.45, 7) is 0.706. The lowest BCUT2D eigenvalue weighted by Gasteiger charge is -2.36. The molecule has 1 aliphatic carbocycles. The molecule has 0 N–H and O–H groups in total. The average Bonchev–Trinajstić information content (AvgIpc) is 2.65. The van der Waals surface area contributed by atoms with E-state index >= 15 is 0 Å². The number of fused-ring (bicyclic) bond motifs is 1. The molecule has 1 aromatic carbocycles. The summed E-state index contributed by atoms with van der Waals surface area (Å²) < 4.78 is 5.47. The molecule has 1 saturated carbocycles. The highest BCUT2D eigenvalue weighted by molar-refractivity contribution is 6.32. The minimum absolute atomic E-state index is 0.277. The highest BCUT2D eigenvalue weighted by atomic mass is 35.5. The Kier molecular flexibility index (Phi) is 2.12. The monoisotopic (exact) mass is 233 g/mol. The molecule has 0 unspecified atom stereocenters. The Bertz CT molecular complexity index is 485. The summed E-state index contributed by atoms with van der Waals surface area (Å²) >= 11 is 6.18. The van der Waals surface area contributed by atoms with E-state index in [9.17, 15) is 5.26 Å². The van der Waals surface area contributed by atoms with Crippen molar-refractivity contribution in [3.63, 3.8) is 0 Å². The molecule has 0 aromatic heterocycles. The van der Waals surface area contributed by atoms with Crippen molar-refractivity contribution in [2.45, 2.75) is 31.1 Å². The zero-order valence-electron chi connectivity index (χ0n) is 8.92. The van der Waals surface area contributed by atoms with Crippen LogP contribution in [-0.4, -0.2) is 6.61 Å². The molecule has 1 fully saturated rings. The average molecular weight is 234 g/mol. The molecule has 82 valence electrons. The van der Waals surface area contributed by atoms with Crippen LogP contribution in [0.25, 0.3) is 0 Å². The van der Waals surface area contributed by atoms with E-state index in [0.29, 0.717) is 11.6 Å². The maximum atomic E-state index is 9.31. The number of rotatable bonds is 1. The second kappa shape index (κ2) is 3.40. The zero-order chi connectivity index (χ0) is 11.2. The van der Waals surface area contributed by atoms with Crippen LogP contribution >= 0.6 is 11.6 Å². The third-order valence-electron chi connectivity index (χ3n) is 3.71. The molecule has 16 heavy (non-hydrogen) atoms. The maximum absolute atomic E-state index is 9.31. The first-order valence-electron chi connectivity index (χ1n) is 5.62. The highest BCUT2D eigenvalue weighted by Gasteiger charge is 2.40. The van der Waals surface area contributed by atoms with Crippen LogP contribution in [0, 0.1) is 11.3 Å². The third-order valence-corrected chi connectivity index (χ3v) is 3.99. The van der Waals surface area contributed by atoms with Crippen molar-refractivity contribution in [3.05, 3.63) is 28.3 Å². The van der Waals surface area contributed by atoms with Gasteiger partial charge in [-0.3, -0.25) is 0 Å². The minimum Gasteiger partial charge on any atom is -0.491 e. The number of halogens is 1. The summed E-state index contributed by atoms with van der Waals surface area (Å²) in [4.78, 5) is 0. The van der Waals surface area contributed by atoms with Gasteiger partial charge >= 0.3 is 0 Å². The molecular formula is C13H12ClNO. The van der Waals surface area contributed by atoms with Gasteiger partial charge in [0.2, 0.25) is 0 Å². The van der Waals surface area contributed by atoms with Gasteiger partial charge in [-0.15, -0.1) is 0 Å². The summed E-state index contributed by atoms with van der Waals surface area (Å²) in [6, 6.07) is 6.47. The Balaban J connectivity index is 2.10. The Morgan fingerprint density at radius 3 is 2.81 bits per heavy atom. The fraction of sp³-hybridized carbons (Fsp3) is 0.462. The van der Waals surface area contributed by atoms with Crippen molar-refractivity contribution in [1.82, 2.24) is 0 Å². The van der Waals surface area contributed by atoms with E-state index in [1.165, 1.54) is 0 Å². The Labute approximate surface area is 99.8 Å². The zero-order valence-corrected chi connectivity index (χ0v) is 9.68. The molecule has 2 aliphatic rings. The first-order chi connectivity index (χ1) is 7.75. The number of hydrogen-bond donors (Lipinski definition) is 0. The van der Waals surface area contributed by atoms with Crippen LogP contribution in [0.15, 0.2) is 12.1 Å². The molecule has 2 nitrogen and oxygen atoms in total. The van der Waals surface area contributed by atoms with Crippen LogP contribution in [0.5, 0.6) is 5.75 Å². The van der Waals surface area contributed by atoms with E-state index < -0.39 is 0 Å². The van der Waals surface area contributed by atoms with Gasteiger partial charge in [-0.2, -0.15) is 5.26 Å². The molecule has 3 rings (SSSR count). The van der Waals surface area contributed by atoms with Crippen LogP contribution in [-0.2, 0) is 11.8 Å². The van der Waals surface area contributed by atoms with Crippen molar-refractivity contribution < 1.29 is 4.74 Å². The molecule has 3 heteroatoms. The normalized spacial score (nSPS) is 20.5. The number of nitrogens with zero attached hydrogens (tertiary/aromatic N) is 1. The second-order valence-electron chi connectivity index (χ2n) is 4.59. The van der Waals surface area contributed by atoms with E-state index in [2.05, 4.69) is 12.1 Å². The number of nitriles is 1. The van der Waals surface area contributed by atoms with E-state index in [0.717, 1.165) is 42.6 Å². The first kappa shape index (κ1) is 9.99. The molecule has 0 atom stereocenters. The van der Waals surface area contributed by atoms with Gasteiger partial charge in [0.05, 0.1) is 23.1 Å². The summed E-state index contributed by atoms with van der Waals surface area (Å²) in [7, 11) is 0. The lowest BCUT2D eigenvalue weighted by Crippen LogP contribution is -2.32. The topological polar surface area (TPSA) is 33.0 Å². The third kappa shape index (κ3) is 1.25. The molecule has 0 radical (unpaired) electrons. The molecule has 0 bridgehead atoms. The van der Waals surface area contributed by atoms with Crippen LogP contribution in [0.1, 0.15) is 30.4 Å². The van der Waals surface area contributed by atoms with Gasteiger partial charge < -0.3 is 4.74 Å². The molecule has 0 amide bonds. The molecular weight excluding hydrogens is 222 g/mol. The Hall–Kier alpha value is -1.20. The lowest BCUT2D eigenvalue weighted by atomic mass is 9.65. The van der Waals surface area contributed by atoms with Crippen molar-refractivity contribution in [2.24, 2.45) is 0 Å². The number of ether oxygens (including phenoxy) is 1. The van der Waals surface area contributed by atoms with Gasteiger partial charge in [0.1, 0.15) is 5.75 Å². The summed E-state index contributed by atoms with van der Waals surface area (Å²) in [5.74, 6) is 0.817. The number of benzene rings is 1. The lowest BCUT2D eigenvalue weighted by molar-refractivity contribution is 0.323. The quantitative estimate of drug-likeness (QED) is 0.746. The fourth-order valence-corrected chi connectivity index (χ4v) is 2.83. The van der Waals surface area contributed by atoms with Crippen molar-refractivity contribution in [1.29, 1.82) is 5.26 Å². The molecule has 0 spiro atoms. The molecule has 1 heterocycles. The SMILES string of the molecule is N#CC1(c2cc(Cl)c3c(c2)CCO3)CCC1. The van der Waals surface area contributed by atoms with Crippen LogP contribution in [0.3, 0.4) is 0 Å². The van der Waals surface area contributed by atoms with Gasteiger partial charge in [0, 0.05) is 6.42 Å². The van der Waals surface area contributed by atoms with E-state index in [4.69, 9.17) is 16.3 Å². The predicted molar refractivity (Wildman–Crippen MR) is 61.8 cm³/mol. The second-order valence-corrected chi connectivity index (χ2v) is 5.00. The van der Waals surface area contributed by atoms with Crippen molar-refractivity contribution >= 4 is 11.6 Å². The van der Waals surface area contributed by atoms with E-state index in [1.807, 2.05) is 6.07 Å². The predicted octanol–water partition coefficient (Wildman–Crippen LogP) is 3.22. The summed E-state index contributed by atoms with van der Waals surface area (Å²) in [5, 5.41) is 9.96. The van der Waals surface area contributed by atoms with Crippen molar-refractivity contribution in [3.8, 4) is 11.8 Å². The van der Waals surface area contributed by atoms with Crippen LogP contribution < -0.4 is 4.74 Å². The van der Waals surface area contributed by atoms with Gasteiger partial charge in [0.25, 0.3) is 0 Å². The summed E-state index contributed by atoms with van der Waals surface area (Å²) in [5.41, 5.74) is 1.96. The minimum atomic E-state index is -0.277. The first-order valence-corrected chi connectivity index (χ1v) is 6.00. The van der Waals surface area contributed by atoms with Crippen LogP contribution in [0.2, 0.25) is 5.02 Å². The smallest absolute Gasteiger partial charge is 0.141 e. The maximum Gasteiger partial charge on any atom is 0.141 e. The summed E-state index contributed by atoms with van der Waals surface area (Å²) in [6.07, 6.45) is 3.96. The molecule has 0 saturated heterocycles. The van der Waals surface area contributed by atoms with Crippen LogP contribution in [0.4, 0.5) is 0 Å². The van der Waals surface area contributed by atoms with Gasteiger partial charge in [-0.1, -0.05) is 17.7 Å². The van der Waals surface area contributed by atoms with Gasteiger partial charge in [0.15, 0.2) is 0 Å². The molecule has 1 aromatic rings. The fourth-order valence-electron chi connectivity index (χ4n) is 2.53. The van der Waals surface area contributed by atoms with E-state index in [1.54, 1.807) is 0 Å². The van der Waals surface area contributed by atoms with E-state index in [-0.39, 0.29) is 5.41 Å².